The average Bonchev–Trinajstić information content (AvgIpc) is 3.21. The summed E-state index contributed by atoms with van der Waals surface area (Å²) in [6, 6.07) is 2.24. The van der Waals surface area contributed by atoms with Gasteiger partial charge in [0.05, 0.1) is 19.3 Å². The lowest BCUT2D eigenvalue weighted by Gasteiger charge is -2.38. The molecule has 0 saturated carbocycles. The molecule has 9 heteroatoms. The topological polar surface area (TPSA) is 59.0 Å². The van der Waals surface area contributed by atoms with Crippen molar-refractivity contribution < 1.29 is 32.5 Å². The van der Waals surface area contributed by atoms with Gasteiger partial charge in [0.25, 0.3) is 0 Å². The predicted octanol–water partition coefficient (Wildman–Crippen LogP) is 3.40. The molecular formula is C17H24F3NO4S. The van der Waals surface area contributed by atoms with E-state index < -0.39 is 12.1 Å². The van der Waals surface area contributed by atoms with E-state index >= 15 is 0 Å². The number of methoxy groups -OCH3 is 1. The second-order valence-electron chi connectivity index (χ2n) is 6.80. The zero-order chi connectivity index (χ0) is 19.2. The zero-order valence-electron chi connectivity index (χ0n) is 14.6. The first-order valence-electron chi connectivity index (χ1n) is 8.38. The van der Waals surface area contributed by atoms with Crippen LogP contribution >= 0.6 is 11.3 Å². The van der Waals surface area contributed by atoms with Crippen LogP contribution in [-0.2, 0) is 20.8 Å². The Morgan fingerprint density at radius 2 is 2.12 bits per heavy atom. The lowest BCUT2D eigenvalue weighted by molar-refractivity contribution is -0.192. The fraction of sp³-hybridized carbons (Fsp3) is 0.706. The van der Waals surface area contributed by atoms with Crippen LogP contribution in [0, 0.1) is 5.41 Å². The number of likely N-dealkylation sites (tertiary alicyclic amines) is 1. The van der Waals surface area contributed by atoms with E-state index in [9.17, 15) is 13.2 Å². The first-order valence-corrected chi connectivity index (χ1v) is 9.32. The van der Waals surface area contributed by atoms with Crippen molar-refractivity contribution >= 4 is 17.3 Å². The first-order chi connectivity index (χ1) is 12.2. The van der Waals surface area contributed by atoms with Crippen LogP contribution in [0.3, 0.4) is 0 Å². The van der Waals surface area contributed by atoms with Gasteiger partial charge in [0.15, 0.2) is 0 Å². The summed E-state index contributed by atoms with van der Waals surface area (Å²) in [5.41, 5.74) is 1.90. The number of carboxylic acids is 1. The zero-order valence-corrected chi connectivity index (χ0v) is 15.4. The Labute approximate surface area is 154 Å². The monoisotopic (exact) mass is 395 g/mol. The second kappa shape index (κ2) is 9.16. The minimum atomic E-state index is -5.08. The number of nitrogens with zero attached hydrogens (tertiary/aromatic N) is 1. The quantitative estimate of drug-likeness (QED) is 0.847. The summed E-state index contributed by atoms with van der Waals surface area (Å²) in [4.78, 5) is 11.5. The molecule has 1 spiro atoms. The maximum atomic E-state index is 10.6. The standard InChI is InChI=1S/C15H23NO2S.C2HF3O2/c1-17-10-14-8-15(12-18-14)3-5-16(6-4-15)9-13-2-7-19-11-13;3-2(4,5)1(6)7/h2,7,11,14H,3-6,8-10,12H2,1H3;(H,6,7). The SMILES string of the molecule is COCC1CC2(CCN(Cc3ccsc3)CC2)CO1.O=C(O)C(F)(F)F. The summed E-state index contributed by atoms with van der Waals surface area (Å²) in [5, 5.41) is 11.6. The molecular weight excluding hydrogens is 371 g/mol. The maximum Gasteiger partial charge on any atom is 0.490 e. The van der Waals surface area contributed by atoms with Gasteiger partial charge in [-0.2, -0.15) is 24.5 Å². The van der Waals surface area contributed by atoms with Gasteiger partial charge in [-0.15, -0.1) is 0 Å². The molecule has 0 amide bonds. The normalized spacial score (nSPS) is 22.8. The van der Waals surface area contributed by atoms with Crippen LogP contribution in [0.15, 0.2) is 16.8 Å². The summed E-state index contributed by atoms with van der Waals surface area (Å²) in [5.74, 6) is -2.76. The lowest BCUT2D eigenvalue weighted by Crippen LogP contribution is -2.40. The van der Waals surface area contributed by atoms with Gasteiger partial charge >= 0.3 is 12.1 Å². The number of carboxylic acid groups (broad SMARTS) is 1. The van der Waals surface area contributed by atoms with Crippen molar-refractivity contribution in [3.05, 3.63) is 22.4 Å². The van der Waals surface area contributed by atoms with Gasteiger partial charge in [0.1, 0.15) is 0 Å². The minimum absolute atomic E-state index is 0.327. The van der Waals surface area contributed by atoms with Crippen LogP contribution < -0.4 is 0 Å². The Kier molecular flexibility index (Phi) is 7.45. The molecule has 26 heavy (non-hydrogen) atoms. The molecule has 3 rings (SSSR count). The van der Waals surface area contributed by atoms with Crippen molar-refractivity contribution in [2.45, 2.75) is 38.1 Å². The van der Waals surface area contributed by atoms with Crippen LogP contribution in [0.1, 0.15) is 24.8 Å². The summed E-state index contributed by atoms with van der Waals surface area (Å²) in [7, 11) is 1.76. The largest absolute Gasteiger partial charge is 0.490 e. The molecule has 1 aromatic rings. The third kappa shape index (κ3) is 6.22. The first kappa shape index (κ1) is 21.1. The van der Waals surface area contributed by atoms with Gasteiger partial charge in [-0.3, -0.25) is 4.90 Å². The van der Waals surface area contributed by atoms with E-state index in [-0.39, 0.29) is 0 Å². The number of hydrogen-bond acceptors (Lipinski definition) is 5. The summed E-state index contributed by atoms with van der Waals surface area (Å²) in [6.45, 7) is 5.22. The van der Waals surface area contributed by atoms with Gasteiger partial charge < -0.3 is 14.6 Å². The molecule has 0 radical (unpaired) electrons. The van der Waals surface area contributed by atoms with Crippen molar-refractivity contribution in [2.24, 2.45) is 5.41 Å². The third-order valence-corrected chi connectivity index (χ3v) is 5.52. The van der Waals surface area contributed by atoms with Crippen LogP contribution in [0.4, 0.5) is 13.2 Å². The lowest BCUT2D eigenvalue weighted by atomic mass is 9.76. The molecule has 1 aromatic heterocycles. The smallest absolute Gasteiger partial charge is 0.475 e. The molecule has 1 atom stereocenters. The van der Waals surface area contributed by atoms with E-state index in [1.54, 1.807) is 18.4 Å². The fourth-order valence-corrected chi connectivity index (χ4v) is 4.02. The van der Waals surface area contributed by atoms with E-state index in [0.717, 1.165) is 19.8 Å². The Morgan fingerprint density at radius 1 is 1.46 bits per heavy atom. The molecule has 2 saturated heterocycles. The van der Waals surface area contributed by atoms with E-state index in [1.165, 1.54) is 37.9 Å². The fourth-order valence-electron chi connectivity index (χ4n) is 3.36. The molecule has 2 fully saturated rings. The van der Waals surface area contributed by atoms with Crippen LogP contribution in [0.25, 0.3) is 0 Å². The van der Waals surface area contributed by atoms with Crippen LogP contribution in [-0.4, -0.2) is 61.7 Å². The third-order valence-electron chi connectivity index (χ3n) is 4.78. The molecule has 3 heterocycles. The molecule has 0 bridgehead atoms. The van der Waals surface area contributed by atoms with Gasteiger partial charge in [-0.1, -0.05) is 0 Å². The number of alkyl halides is 3. The Morgan fingerprint density at radius 3 is 2.62 bits per heavy atom. The minimum Gasteiger partial charge on any atom is -0.475 e. The van der Waals surface area contributed by atoms with Gasteiger partial charge in [-0.05, 0) is 60.2 Å². The number of thiophene rings is 1. The molecule has 5 nitrogen and oxygen atoms in total. The number of aliphatic carboxylic acids is 1. The van der Waals surface area contributed by atoms with Crippen molar-refractivity contribution in [3.8, 4) is 0 Å². The summed E-state index contributed by atoms with van der Waals surface area (Å²) >= 11 is 1.79. The molecule has 148 valence electrons. The Bertz CT molecular complexity index is 557. The number of hydrogen-bond donors (Lipinski definition) is 1. The van der Waals surface area contributed by atoms with Gasteiger partial charge in [-0.25, -0.2) is 4.79 Å². The summed E-state index contributed by atoms with van der Waals surface area (Å²) in [6.07, 6.45) is -1.02. The highest BCUT2D eigenvalue weighted by Crippen LogP contribution is 2.42. The van der Waals surface area contributed by atoms with E-state index in [2.05, 4.69) is 21.7 Å². The molecule has 0 aromatic carbocycles. The van der Waals surface area contributed by atoms with Crippen LogP contribution in [0.2, 0.25) is 0 Å². The van der Waals surface area contributed by atoms with Gasteiger partial charge in [0, 0.05) is 13.7 Å². The van der Waals surface area contributed by atoms with Crippen molar-refractivity contribution in [1.29, 1.82) is 0 Å². The van der Waals surface area contributed by atoms with Crippen LogP contribution in [0.5, 0.6) is 0 Å². The highest BCUT2D eigenvalue weighted by molar-refractivity contribution is 7.07. The van der Waals surface area contributed by atoms with E-state index in [4.69, 9.17) is 19.4 Å². The number of rotatable bonds is 4. The van der Waals surface area contributed by atoms with Crippen molar-refractivity contribution in [1.82, 2.24) is 4.90 Å². The second-order valence-corrected chi connectivity index (χ2v) is 7.58. The number of carbonyl (C=O) groups is 1. The number of halogens is 3. The van der Waals surface area contributed by atoms with Gasteiger partial charge in [0.2, 0.25) is 0 Å². The van der Waals surface area contributed by atoms with Crippen molar-refractivity contribution in [2.75, 3.05) is 33.4 Å². The molecule has 2 aliphatic heterocycles. The average molecular weight is 395 g/mol. The van der Waals surface area contributed by atoms with E-state index in [1.807, 2.05) is 0 Å². The highest BCUT2D eigenvalue weighted by atomic mass is 32.1. The predicted molar refractivity (Wildman–Crippen MR) is 91.2 cm³/mol. The highest BCUT2D eigenvalue weighted by Gasteiger charge is 2.42. The number of piperidine rings is 1. The molecule has 1 unspecified atom stereocenters. The Balaban J connectivity index is 0.000000298. The van der Waals surface area contributed by atoms with Crippen molar-refractivity contribution in [3.63, 3.8) is 0 Å². The maximum absolute atomic E-state index is 10.6. The summed E-state index contributed by atoms with van der Waals surface area (Å²) < 4.78 is 42.8. The molecule has 1 N–H and O–H groups in total. The molecule has 0 aliphatic carbocycles. The Hall–Kier alpha value is -1.16. The molecule has 2 aliphatic rings. The van der Waals surface area contributed by atoms with E-state index in [0.29, 0.717) is 11.5 Å². The number of ether oxygens (including phenoxy) is 2.